The number of nitrogens with zero attached hydrogens (tertiary/aromatic N) is 4. The molecule has 1 saturated heterocycles. The van der Waals surface area contributed by atoms with E-state index in [2.05, 4.69) is 20.9 Å². The number of nitrogens with one attached hydrogen (secondary N) is 1. The summed E-state index contributed by atoms with van der Waals surface area (Å²) >= 11 is 0. The van der Waals surface area contributed by atoms with Crippen LogP contribution in [0.4, 0.5) is 10.6 Å². The van der Waals surface area contributed by atoms with Gasteiger partial charge in [-0.25, -0.2) is 14.8 Å². The van der Waals surface area contributed by atoms with Crippen molar-refractivity contribution < 1.29 is 14.3 Å². The van der Waals surface area contributed by atoms with Gasteiger partial charge in [0.05, 0.1) is 36.9 Å². The van der Waals surface area contributed by atoms with Crippen molar-refractivity contribution in [3.05, 3.63) is 30.1 Å². The molecule has 1 aromatic carbocycles. The number of amides is 2. The Hall–Kier alpha value is -2.91. The van der Waals surface area contributed by atoms with Crippen LogP contribution in [-0.2, 0) is 16.1 Å². The molecule has 0 saturated carbocycles. The van der Waals surface area contributed by atoms with Crippen LogP contribution in [-0.4, -0.2) is 64.9 Å². The molecular weight excluding hydrogens is 384 g/mol. The van der Waals surface area contributed by atoms with E-state index in [9.17, 15) is 4.79 Å². The molecule has 5 rings (SSSR count). The van der Waals surface area contributed by atoms with E-state index in [4.69, 9.17) is 20.2 Å². The number of benzene rings is 1. The smallest absolute Gasteiger partial charge is 0.317 e. The number of carbonyl (C=O) groups is 1. The molecule has 1 atom stereocenters. The second kappa shape index (κ2) is 8.08. The number of pyridine rings is 1. The lowest BCUT2D eigenvalue weighted by molar-refractivity contribution is 0.0513. The summed E-state index contributed by atoms with van der Waals surface area (Å²) in [5.74, 6) is 1.32. The zero-order valence-corrected chi connectivity index (χ0v) is 16.8. The van der Waals surface area contributed by atoms with Crippen molar-refractivity contribution in [2.75, 3.05) is 45.2 Å². The molecule has 158 valence electrons. The fourth-order valence-electron chi connectivity index (χ4n) is 4.35. The lowest BCUT2D eigenvalue weighted by Gasteiger charge is -2.28. The Labute approximate surface area is 174 Å². The summed E-state index contributed by atoms with van der Waals surface area (Å²) in [4.78, 5) is 23.3. The minimum absolute atomic E-state index is 0.0168. The third kappa shape index (κ3) is 3.44. The van der Waals surface area contributed by atoms with Gasteiger partial charge in [0.25, 0.3) is 0 Å². The highest BCUT2D eigenvalue weighted by Gasteiger charge is 2.26. The Balaban J connectivity index is 1.33. The summed E-state index contributed by atoms with van der Waals surface area (Å²) < 4.78 is 13.4. The van der Waals surface area contributed by atoms with E-state index < -0.39 is 0 Å². The molecule has 0 spiro atoms. The van der Waals surface area contributed by atoms with Crippen molar-refractivity contribution in [3.8, 4) is 0 Å². The van der Waals surface area contributed by atoms with Gasteiger partial charge in [0.1, 0.15) is 17.9 Å². The molecule has 2 amide bonds. The van der Waals surface area contributed by atoms with Gasteiger partial charge in [0.15, 0.2) is 5.82 Å². The summed E-state index contributed by atoms with van der Waals surface area (Å²) in [5, 5.41) is 4.07. The van der Waals surface area contributed by atoms with E-state index in [0.717, 1.165) is 40.6 Å². The highest BCUT2D eigenvalue weighted by molar-refractivity contribution is 6.06. The summed E-state index contributed by atoms with van der Waals surface area (Å²) in [7, 11) is 0. The van der Waals surface area contributed by atoms with Crippen LogP contribution in [0.5, 0.6) is 0 Å². The van der Waals surface area contributed by atoms with Crippen LogP contribution >= 0.6 is 0 Å². The average Bonchev–Trinajstić information content (AvgIpc) is 3.19. The first kappa shape index (κ1) is 19.1. The van der Waals surface area contributed by atoms with Gasteiger partial charge in [0, 0.05) is 25.0 Å². The van der Waals surface area contributed by atoms with Gasteiger partial charge >= 0.3 is 6.03 Å². The van der Waals surface area contributed by atoms with Gasteiger partial charge in [-0.05, 0) is 18.9 Å². The minimum atomic E-state index is -0.0168. The summed E-state index contributed by atoms with van der Waals surface area (Å²) in [6.45, 7) is 4.22. The van der Waals surface area contributed by atoms with Gasteiger partial charge < -0.3 is 30.0 Å². The monoisotopic (exact) mass is 410 g/mol. The lowest BCUT2D eigenvalue weighted by atomic mass is 10.1. The number of morpholine rings is 1. The number of rotatable bonds is 4. The number of hydrogen-bond acceptors (Lipinski definition) is 6. The highest BCUT2D eigenvalue weighted by atomic mass is 16.5. The van der Waals surface area contributed by atoms with E-state index in [1.54, 1.807) is 4.90 Å². The number of hydrogen-bond donors (Lipinski definition) is 2. The molecule has 0 aliphatic carbocycles. The number of imidazole rings is 1. The van der Waals surface area contributed by atoms with Gasteiger partial charge in [-0.3, -0.25) is 0 Å². The van der Waals surface area contributed by atoms with Crippen molar-refractivity contribution in [2.24, 2.45) is 0 Å². The van der Waals surface area contributed by atoms with E-state index >= 15 is 0 Å². The maximum atomic E-state index is 12.3. The van der Waals surface area contributed by atoms with Gasteiger partial charge in [-0.1, -0.05) is 18.2 Å². The van der Waals surface area contributed by atoms with Crippen LogP contribution in [0.2, 0.25) is 0 Å². The second-order valence-corrected chi connectivity index (χ2v) is 7.75. The number of anilines is 1. The summed E-state index contributed by atoms with van der Waals surface area (Å²) in [6.07, 6.45) is 1.72. The number of ether oxygens (including phenoxy) is 2. The molecule has 2 aromatic heterocycles. The molecule has 3 N–H and O–H groups in total. The number of para-hydroxylation sites is 1. The van der Waals surface area contributed by atoms with E-state index in [1.165, 1.54) is 0 Å². The fourth-order valence-corrected chi connectivity index (χ4v) is 4.35. The number of aromatic nitrogens is 3. The topological polar surface area (TPSA) is 108 Å². The molecule has 2 aliphatic heterocycles. The Bertz CT molecular complexity index is 1080. The largest absolute Gasteiger partial charge is 0.382 e. The third-order valence-corrected chi connectivity index (χ3v) is 5.82. The number of fused-ring (bicyclic) bond motifs is 5. The van der Waals surface area contributed by atoms with Crippen LogP contribution in [0.15, 0.2) is 24.3 Å². The maximum absolute atomic E-state index is 12.3. The van der Waals surface area contributed by atoms with Crippen LogP contribution in [0.1, 0.15) is 24.7 Å². The lowest BCUT2D eigenvalue weighted by Crippen LogP contribution is -2.46. The summed E-state index contributed by atoms with van der Waals surface area (Å²) in [5.41, 5.74) is 8.85. The van der Waals surface area contributed by atoms with Crippen molar-refractivity contribution in [2.45, 2.75) is 25.5 Å². The van der Waals surface area contributed by atoms with E-state index in [-0.39, 0.29) is 12.1 Å². The van der Waals surface area contributed by atoms with Crippen LogP contribution in [0.3, 0.4) is 0 Å². The number of nitrogen functional groups attached to an aromatic ring is 1. The molecule has 9 heteroatoms. The quantitative estimate of drug-likeness (QED) is 0.638. The molecule has 0 radical (unpaired) electrons. The van der Waals surface area contributed by atoms with Crippen LogP contribution in [0.25, 0.3) is 21.9 Å². The fraction of sp³-hybridized carbons (Fsp3) is 0.476. The normalized spacial score (nSPS) is 19.2. The van der Waals surface area contributed by atoms with Gasteiger partial charge in [0.2, 0.25) is 0 Å². The first-order valence-electron chi connectivity index (χ1n) is 10.5. The molecule has 30 heavy (non-hydrogen) atoms. The number of carbonyl (C=O) groups excluding carboxylic acids is 1. The average molecular weight is 410 g/mol. The van der Waals surface area contributed by atoms with Crippen LogP contribution < -0.4 is 11.1 Å². The zero-order chi connectivity index (χ0) is 20.5. The van der Waals surface area contributed by atoms with E-state index in [1.807, 2.05) is 18.2 Å². The van der Waals surface area contributed by atoms with Crippen LogP contribution in [0, 0.1) is 0 Å². The molecule has 0 bridgehead atoms. The van der Waals surface area contributed by atoms with Crippen molar-refractivity contribution in [3.63, 3.8) is 0 Å². The molecule has 9 nitrogen and oxygen atoms in total. The Morgan fingerprint density at radius 1 is 1.20 bits per heavy atom. The number of nitrogens with two attached hydrogens (primary N) is 1. The van der Waals surface area contributed by atoms with Crippen molar-refractivity contribution in [1.82, 2.24) is 24.8 Å². The summed E-state index contributed by atoms with van der Waals surface area (Å²) in [6, 6.07) is 8.14. The zero-order valence-electron chi connectivity index (χ0n) is 16.8. The molecule has 4 heterocycles. The molecule has 3 aromatic rings. The standard InChI is InChI=1S/C21H26N6O3/c22-20-18-19(15-5-1-2-6-16(15)24-20)27-14(12-30-13-17(27)25-18)4-3-7-23-21(28)26-8-10-29-11-9-26/h1-2,5-6,14H,3-4,7-13H2,(H2,22,24)(H,23,28)/t14-/m1/s1. The first-order chi connectivity index (χ1) is 14.7. The molecule has 0 unspecified atom stereocenters. The van der Waals surface area contributed by atoms with Gasteiger partial charge in [-0.2, -0.15) is 0 Å². The van der Waals surface area contributed by atoms with Crippen molar-refractivity contribution in [1.29, 1.82) is 0 Å². The number of urea groups is 1. The Kier molecular flexibility index (Phi) is 5.14. The highest BCUT2D eigenvalue weighted by Crippen LogP contribution is 2.34. The molecular formula is C21H26N6O3. The second-order valence-electron chi connectivity index (χ2n) is 7.75. The Morgan fingerprint density at radius 3 is 2.90 bits per heavy atom. The minimum Gasteiger partial charge on any atom is -0.382 e. The first-order valence-corrected chi connectivity index (χ1v) is 10.5. The predicted octanol–water partition coefficient (Wildman–Crippen LogP) is 2.06. The van der Waals surface area contributed by atoms with E-state index in [0.29, 0.717) is 51.9 Å². The third-order valence-electron chi connectivity index (χ3n) is 5.82. The van der Waals surface area contributed by atoms with Crippen molar-refractivity contribution >= 4 is 33.8 Å². The maximum Gasteiger partial charge on any atom is 0.317 e. The predicted molar refractivity (Wildman–Crippen MR) is 113 cm³/mol. The van der Waals surface area contributed by atoms with Gasteiger partial charge in [-0.15, -0.1) is 0 Å². The Morgan fingerprint density at radius 2 is 2.03 bits per heavy atom. The SMILES string of the molecule is Nc1nc2ccccc2c2c1nc1n2[C@H](CCCNC(=O)N2CCOCC2)COC1. The molecule has 2 aliphatic rings. The molecule has 1 fully saturated rings.